The number of H-pyrrole nitrogens is 1. The molecule has 0 aliphatic carbocycles. The Morgan fingerprint density at radius 1 is 0.848 bits per heavy atom. The second kappa shape index (κ2) is 8.43. The molecule has 0 unspecified atom stereocenters. The molecule has 0 atom stereocenters. The van der Waals surface area contributed by atoms with Gasteiger partial charge in [-0.2, -0.15) is 4.98 Å². The zero-order chi connectivity index (χ0) is 23.8. The number of ether oxygens (including phenoxy) is 2. The first-order valence-electron chi connectivity index (χ1n) is 11.1. The Labute approximate surface area is 195 Å². The quantitative estimate of drug-likeness (QED) is 0.343. The van der Waals surface area contributed by atoms with Crippen molar-refractivity contribution in [3.05, 3.63) is 65.7 Å². The number of nitrogens with zero attached hydrogens (tertiary/aromatic N) is 2. The smallest absolute Gasteiger partial charge is 0.246 e. The molecule has 2 aromatic heterocycles. The van der Waals surface area contributed by atoms with Gasteiger partial charge in [0.05, 0.1) is 18.1 Å². The molecule has 2 N–H and O–H groups in total. The standard InChI is InChI=1S/C27H32N4O2/c1-26(2,3)17-12-13-19-21(16-17)30-25(28-19)29-20-14-15-23(32-7)31-24(20)33-22-11-9-8-10-18(22)27(4,5)6/h8-16H,1-7H3,(H2,28,29,30). The maximum atomic E-state index is 6.32. The fraction of sp³-hybridized carbons (Fsp3) is 0.333. The van der Waals surface area contributed by atoms with Crippen LogP contribution in [0.4, 0.5) is 11.6 Å². The van der Waals surface area contributed by atoms with Crippen molar-refractivity contribution < 1.29 is 9.47 Å². The molecule has 0 spiro atoms. The van der Waals surface area contributed by atoms with Crippen LogP contribution in [0.25, 0.3) is 11.0 Å². The normalized spacial score (nSPS) is 12.1. The molecule has 0 saturated carbocycles. The largest absolute Gasteiger partial charge is 0.481 e. The maximum Gasteiger partial charge on any atom is 0.246 e. The molecule has 0 aliphatic heterocycles. The van der Waals surface area contributed by atoms with Gasteiger partial charge < -0.3 is 19.8 Å². The lowest BCUT2D eigenvalue weighted by Crippen LogP contribution is -2.12. The highest BCUT2D eigenvalue weighted by Crippen LogP contribution is 2.37. The van der Waals surface area contributed by atoms with Crippen molar-refractivity contribution in [3.63, 3.8) is 0 Å². The Balaban J connectivity index is 1.70. The second-order valence-electron chi connectivity index (χ2n) is 10.2. The summed E-state index contributed by atoms with van der Waals surface area (Å²) in [6.07, 6.45) is 0. The number of imidazole rings is 1. The Morgan fingerprint density at radius 3 is 2.30 bits per heavy atom. The molecule has 0 bridgehead atoms. The van der Waals surface area contributed by atoms with Crippen LogP contribution in [0.3, 0.4) is 0 Å². The fourth-order valence-corrected chi connectivity index (χ4v) is 3.65. The van der Waals surface area contributed by atoms with Crippen molar-refractivity contribution in [2.75, 3.05) is 12.4 Å². The Kier molecular flexibility index (Phi) is 5.78. The van der Waals surface area contributed by atoms with Crippen LogP contribution in [0, 0.1) is 0 Å². The fourth-order valence-electron chi connectivity index (χ4n) is 3.65. The van der Waals surface area contributed by atoms with Gasteiger partial charge in [-0.15, -0.1) is 0 Å². The molecule has 0 radical (unpaired) electrons. The van der Waals surface area contributed by atoms with Crippen molar-refractivity contribution >= 4 is 22.7 Å². The van der Waals surface area contributed by atoms with E-state index in [0.29, 0.717) is 23.4 Å². The van der Waals surface area contributed by atoms with Crippen LogP contribution >= 0.6 is 0 Å². The van der Waals surface area contributed by atoms with Crippen LogP contribution in [0.5, 0.6) is 17.5 Å². The first kappa shape index (κ1) is 22.6. The Bertz CT molecular complexity index is 1280. The minimum Gasteiger partial charge on any atom is -0.481 e. The first-order chi connectivity index (χ1) is 15.5. The highest BCUT2D eigenvalue weighted by Gasteiger charge is 2.21. The van der Waals surface area contributed by atoms with Crippen LogP contribution in [0.2, 0.25) is 0 Å². The average Bonchev–Trinajstić information content (AvgIpc) is 3.15. The van der Waals surface area contributed by atoms with Gasteiger partial charge in [0.15, 0.2) is 0 Å². The van der Waals surface area contributed by atoms with Gasteiger partial charge in [-0.1, -0.05) is 65.8 Å². The number of fused-ring (bicyclic) bond motifs is 1. The zero-order valence-corrected chi connectivity index (χ0v) is 20.4. The third-order valence-electron chi connectivity index (χ3n) is 5.55. The maximum absolute atomic E-state index is 6.32. The van der Waals surface area contributed by atoms with Gasteiger partial charge in [0, 0.05) is 11.6 Å². The molecule has 172 valence electrons. The summed E-state index contributed by atoms with van der Waals surface area (Å²) in [6, 6.07) is 18.0. The molecule has 0 amide bonds. The lowest BCUT2D eigenvalue weighted by molar-refractivity contribution is 0.381. The van der Waals surface area contributed by atoms with Gasteiger partial charge in [0.1, 0.15) is 11.4 Å². The average molecular weight is 445 g/mol. The molecule has 4 rings (SSSR count). The lowest BCUT2D eigenvalue weighted by Gasteiger charge is -2.23. The summed E-state index contributed by atoms with van der Waals surface area (Å²) in [5.41, 5.74) is 4.90. The Hall–Kier alpha value is -3.54. The van der Waals surface area contributed by atoms with E-state index in [1.807, 2.05) is 30.3 Å². The van der Waals surface area contributed by atoms with Crippen molar-refractivity contribution in [1.82, 2.24) is 15.0 Å². The van der Waals surface area contributed by atoms with Gasteiger partial charge in [0.2, 0.25) is 17.7 Å². The van der Waals surface area contributed by atoms with E-state index in [1.165, 1.54) is 5.56 Å². The summed E-state index contributed by atoms with van der Waals surface area (Å²) in [4.78, 5) is 12.6. The molecule has 2 aromatic carbocycles. The van der Waals surface area contributed by atoms with E-state index in [2.05, 4.69) is 75.0 Å². The van der Waals surface area contributed by atoms with E-state index in [0.717, 1.165) is 22.3 Å². The van der Waals surface area contributed by atoms with Crippen LogP contribution in [0.15, 0.2) is 54.6 Å². The molecule has 0 saturated heterocycles. The number of nitrogens with one attached hydrogen (secondary N) is 2. The first-order valence-corrected chi connectivity index (χ1v) is 11.1. The summed E-state index contributed by atoms with van der Waals surface area (Å²) in [6.45, 7) is 13.1. The van der Waals surface area contributed by atoms with Gasteiger partial charge in [-0.05, 0) is 40.7 Å². The molecule has 6 heteroatoms. The number of aromatic amines is 1. The highest BCUT2D eigenvalue weighted by atomic mass is 16.5. The van der Waals surface area contributed by atoms with Crippen molar-refractivity contribution in [1.29, 1.82) is 0 Å². The van der Waals surface area contributed by atoms with Crippen molar-refractivity contribution in [2.45, 2.75) is 52.4 Å². The number of aromatic nitrogens is 3. The summed E-state index contributed by atoms with van der Waals surface area (Å²) in [5, 5.41) is 3.34. The number of pyridine rings is 1. The van der Waals surface area contributed by atoms with Gasteiger partial charge in [-0.25, -0.2) is 4.98 Å². The van der Waals surface area contributed by atoms with E-state index in [-0.39, 0.29) is 10.8 Å². The number of hydrogen-bond donors (Lipinski definition) is 2. The molecule has 4 aromatic rings. The molecular formula is C27H32N4O2. The Morgan fingerprint density at radius 2 is 1.61 bits per heavy atom. The zero-order valence-electron chi connectivity index (χ0n) is 20.4. The molecule has 2 heterocycles. The molecule has 0 fully saturated rings. The summed E-state index contributed by atoms with van der Waals surface area (Å²) in [5.74, 6) is 2.27. The van der Waals surface area contributed by atoms with E-state index >= 15 is 0 Å². The summed E-state index contributed by atoms with van der Waals surface area (Å²) in [7, 11) is 1.59. The predicted molar refractivity (Wildman–Crippen MR) is 134 cm³/mol. The molecular weight excluding hydrogens is 412 g/mol. The van der Waals surface area contributed by atoms with E-state index in [1.54, 1.807) is 13.2 Å². The number of benzene rings is 2. The highest BCUT2D eigenvalue weighted by molar-refractivity contribution is 5.80. The van der Waals surface area contributed by atoms with Gasteiger partial charge in [-0.3, -0.25) is 0 Å². The monoisotopic (exact) mass is 444 g/mol. The van der Waals surface area contributed by atoms with Gasteiger partial charge >= 0.3 is 0 Å². The predicted octanol–water partition coefficient (Wildman–Crippen LogP) is 7.10. The van der Waals surface area contributed by atoms with E-state index in [9.17, 15) is 0 Å². The topological polar surface area (TPSA) is 72.1 Å². The molecule has 33 heavy (non-hydrogen) atoms. The minimum atomic E-state index is -0.0768. The van der Waals surface area contributed by atoms with Gasteiger partial charge in [0.25, 0.3) is 0 Å². The van der Waals surface area contributed by atoms with Crippen LogP contribution in [-0.4, -0.2) is 22.1 Å². The van der Waals surface area contributed by atoms with E-state index in [4.69, 9.17) is 14.5 Å². The number of anilines is 2. The molecule has 0 aliphatic rings. The van der Waals surface area contributed by atoms with Crippen LogP contribution < -0.4 is 14.8 Å². The van der Waals surface area contributed by atoms with Crippen LogP contribution in [0.1, 0.15) is 52.7 Å². The number of hydrogen-bond acceptors (Lipinski definition) is 5. The number of para-hydroxylation sites is 1. The second-order valence-corrected chi connectivity index (χ2v) is 10.2. The van der Waals surface area contributed by atoms with E-state index < -0.39 is 0 Å². The SMILES string of the molecule is COc1ccc(Nc2nc3ccc(C(C)(C)C)cc3[nH]2)c(Oc2ccccc2C(C)(C)C)n1. The number of rotatable bonds is 5. The third kappa shape index (κ3) is 4.95. The molecule has 6 nitrogen and oxygen atoms in total. The summed E-state index contributed by atoms with van der Waals surface area (Å²) >= 11 is 0. The minimum absolute atomic E-state index is 0.0637. The third-order valence-corrected chi connectivity index (χ3v) is 5.55. The van der Waals surface area contributed by atoms with Crippen molar-refractivity contribution in [3.8, 4) is 17.5 Å². The van der Waals surface area contributed by atoms with Crippen molar-refractivity contribution in [2.24, 2.45) is 0 Å². The lowest BCUT2D eigenvalue weighted by atomic mass is 9.86. The van der Waals surface area contributed by atoms with Crippen LogP contribution in [-0.2, 0) is 10.8 Å². The number of methoxy groups -OCH3 is 1. The summed E-state index contributed by atoms with van der Waals surface area (Å²) < 4.78 is 11.7.